The minimum Gasteiger partial charge on any atom is -0.481 e. The molecular weight excluding hydrogens is 367 g/mol. The molecule has 1 fully saturated rings. The number of benzene rings is 1. The van der Waals surface area contributed by atoms with Crippen LogP contribution in [0, 0.1) is 5.82 Å². The molecule has 2 aromatic rings. The van der Waals surface area contributed by atoms with E-state index >= 15 is 0 Å². The van der Waals surface area contributed by atoms with Crippen molar-refractivity contribution in [2.75, 3.05) is 13.7 Å². The molecule has 0 spiro atoms. The lowest BCUT2D eigenvalue weighted by Crippen LogP contribution is -2.43. The maximum Gasteiger partial charge on any atom is 0.411 e. The Hall–Kier alpha value is -2.90. The average Bonchev–Trinajstić information content (AvgIpc) is 3.10. The van der Waals surface area contributed by atoms with E-state index in [9.17, 15) is 14.0 Å². The van der Waals surface area contributed by atoms with E-state index < -0.39 is 23.7 Å². The summed E-state index contributed by atoms with van der Waals surface area (Å²) < 4.78 is 23.0. The molecule has 0 radical (unpaired) electrons. The van der Waals surface area contributed by atoms with E-state index in [1.54, 1.807) is 33.0 Å². The topological polar surface area (TPSA) is 89.0 Å². The molecule has 0 aliphatic carbocycles. The molecule has 1 amide bonds. The maximum atomic E-state index is 12.9. The van der Waals surface area contributed by atoms with Crippen LogP contribution in [0.3, 0.4) is 0 Å². The first-order chi connectivity index (χ1) is 13.1. The summed E-state index contributed by atoms with van der Waals surface area (Å²) in [4.78, 5) is 27.7. The number of pyridine rings is 1. The second-order valence-corrected chi connectivity index (χ2v) is 7.36. The largest absolute Gasteiger partial charge is 0.481 e. The summed E-state index contributed by atoms with van der Waals surface area (Å²) in [6.45, 7) is 5.75. The van der Waals surface area contributed by atoms with Gasteiger partial charge in [0.2, 0.25) is 5.88 Å². The molecule has 1 saturated heterocycles. The van der Waals surface area contributed by atoms with Gasteiger partial charge in [0.05, 0.1) is 7.11 Å². The standard InChI is InChI=1S/C10H8FNO.C10H17NO4/c1-13-10-9-6-8(11)3-2-7(9)4-5-12-10;1-10(2,3)15-9(14)11-6-4-5-7(11)8(12)13/h2-6H,1H3;7H,4-6H2,1-3H3,(H,12,13)/t;7-/m.0/s1. The number of ether oxygens (including phenoxy) is 2. The molecule has 3 rings (SSSR count). The third-order valence-corrected chi connectivity index (χ3v) is 4.05. The number of halogens is 1. The van der Waals surface area contributed by atoms with Crippen molar-refractivity contribution in [2.45, 2.75) is 45.3 Å². The predicted octanol–water partition coefficient (Wildman–Crippen LogP) is 3.85. The van der Waals surface area contributed by atoms with Crippen LogP contribution in [0.25, 0.3) is 10.8 Å². The number of carbonyl (C=O) groups excluding carboxylic acids is 1. The summed E-state index contributed by atoms with van der Waals surface area (Å²) in [7, 11) is 1.52. The van der Waals surface area contributed by atoms with E-state index in [2.05, 4.69) is 4.98 Å². The number of rotatable bonds is 2. The molecule has 2 heterocycles. The molecule has 152 valence electrons. The van der Waals surface area contributed by atoms with Gasteiger partial charge in [-0.1, -0.05) is 6.07 Å². The fourth-order valence-corrected chi connectivity index (χ4v) is 2.84. The summed E-state index contributed by atoms with van der Waals surface area (Å²) in [6.07, 6.45) is 2.33. The Balaban J connectivity index is 0.000000202. The molecule has 7 nitrogen and oxygen atoms in total. The maximum absolute atomic E-state index is 12.9. The lowest BCUT2D eigenvalue weighted by Gasteiger charge is -2.26. The second-order valence-electron chi connectivity index (χ2n) is 7.36. The van der Waals surface area contributed by atoms with Crippen molar-refractivity contribution in [1.82, 2.24) is 9.88 Å². The van der Waals surface area contributed by atoms with Gasteiger partial charge >= 0.3 is 12.1 Å². The Kier molecular flexibility index (Phi) is 6.77. The first kappa shape index (κ1) is 21.4. The molecular formula is C20H25FN2O5. The summed E-state index contributed by atoms with van der Waals surface area (Å²) >= 11 is 0. The third kappa shape index (κ3) is 5.55. The van der Waals surface area contributed by atoms with Crippen LogP contribution in [-0.4, -0.2) is 52.4 Å². The number of methoxy groups -OCH3 is 1. The molecule has 1 N–H and O–H groups in total. The van der Waals surface area contributed by atoms with Gasteiger partial charge in [-0.15, -0.1) is 0 Å². The molecule has 1 aliphatic heterocycles. The zero-order valence-electron chi connectivity index (χ0n) is 16.4. The minimum atomic E-state index is -0.960. The number of aliphatic carboxylic acids is 1. The Bertz CT molecular complexity index is 850. The molecule has 1 aromatic heterocycles. The smallest absolute Gasteiger partial charge is 0.411 e. The van der Waals surface area contributed by atoms with Crippen molar-refractivity contribution in [2.24, 2.45) is 0 Å². The first-order valence-electron chi connectivity index (χ1n) is 8.93. The van der Waals surface area contributed by atoms with Gasteiger partial charge in [-0.2, -0.15) is 0 Å². The van der Waals surface area contributed by atoms with Crippen LogP contribution in [0.1, 0.15) is 33.6 Å². The minimum absolute atomic E-state index is 0.279. The number of amides is 1. The SMILES string of the molecule is CC(C)(C)OC(=O)N1CCC[C@H]1C(=O)O.COc1nccc2ccc(F)cc12. The zero-order valence-corrected chi connectivity index (χ0v) is 16.4. The average molecular weight is 392 g/mol. The number of likely N-dealkylation sites (tertiary alicyclic amines) is 1. The number of fused-ring (bicyclic) bond motifs is 1. The van der Waals surface area contributed by atoms with Crippen LogP contribution in [0.4, 0.5) is 9.18 Å². The highest BCUT2D eigenvalue weighted by Crippen LogP contribution is 2.23. The molecule has 1 aromatic carbocycles. The van der Waals surface area contributed by atoms with Crippen LogP contribution in [0.5, 0.6) is 5.88 Å². The van der Waals surface area contributed by atoms with Crippen molar-refractivity contribution >= 4 is 22.8 Å². The highest BCUT2D eigenvalue weighted by Gasteiger charge is 2.36. The van der Waals surface area contributed by atoms with Gasteiger partial charge in [-0.25, -0.2) is 19.0 Å². The van der Waals surface area contributed by atoms with Crippen molar-refractivity contribution < 1.29 is 28.6 Å². The number of nitrogens with zero attached hydrogens (tertiary/aromatic N) is 2. The van der Waals surface area contributed by atoms with Gasteiger partial charge in [0.1, 0.15) is 17.5 Å². The van der Waals surface area contributed by atoms with Gasteiger partial charge in [-0.05, 0) is 57.2 Å². The normalized spacial score (nSPS) is 16.3. The molecule has 1 atom stereocenters. The van der Waals surface area contributed by atoms with E-state index in [0.717, 1.165) is 11.8 Å². The highest BCUT2D eigenvalue weighted by atomic mass is 19.1. The quantitative estimate of drug-likeness (QED) is 0.835. The predicted molar refractivity (Wildman–Crippen MR) is 102 cm³/mol. The molecule has 8 heteroatoms. The van der Waals surface area contributed by atoms with Crippen LogP contribution in [0.2, 0.25) is 0 Å². The van der Waals surface area contributed by atoms with Gasteiger partial charge < -0.3 is 14.6 Å². The van der Waals surface area contributed by atoms with Gasteiger partial charge in [0.25, 0.3) is 0 Å². The van der Waals surface area contributed by atoms with E-state index in [1.807, 2.05) is 6.07 Å². The van der Waals surface area contributed by atoms with Crippen molar-refractivity contribution in [1.29, 1.82) is 0 Å². The molecule has 0 unspecified atom stereocenters. The number of hydrogen-bond donors (Lipinski definition) is 1. The fourth-order valence-electron chi connectivity index (χ4n) is 2.84. The van der Waals surface area contributed by atoms with Crippen LogP contribution < -0.4 is 4.74 Å². The summed E-state index contributed by atoms with van der Waals surface area (Å²) in [5.74, 6) is -0.783. The lowest BCUT2D eigenvalue weighted by atomic mass is 10.2. The van der Waals surface area contributed by atoms with E-state index in [1.165, 1.54) is 24.1 Å². The van der Waals surface area contributed by atoms with E-state index in [-0.39, 0.29) is 5.82 Å². The van der Waals surface area contributed by atoms with Crippen molar-refractivity contribution in [3.63, 3.8) is 0 Å². The Morgan fingerprint density at radius 2 is 2.00 bits per heavy atom. The number of carboxylic acids is 1. The fraction of sp³-hybridized carbons (Fsp3) is 0.450. The lowest BCUT2D eigenvalue weighted by molar-refractivity contribution is -0.142. The highest BCUT2D eigenvalue weighted by molar-refractivity contribution is 5.86. The molecule has 0 saturated carbocycles. The summed E-state index contributed by atoms with van der Waals surface area (Å²) in [5, 5.41) is 10.5. The number of carbonyl (C=O) groups is 2. The molecule has 1 aliphatic rings. The van der Waals surface area contributed by atoms with Gasteiger partial charge in [-0.3, -0.25) is 4.90 Å². The van der Waals surface area contributed by atoms with Gasteiger partial charge in [0, 0.05) is 18.1 Å². The van der Waals surface area contributed by atoms with Crippen LogP contribution in [0.15, 0.2) is 30.5 Å². The number of aromatic nitrogens is 1. The number of hydrogen-bond acceptors (Lipinski definition) is 5. The summed E-state index contributed by atoms with van der Waals surface area (Å²) in [6, 6.07) is 5.63. The van der Waals surface area contributed by atoms with Crippen molar-refractivity contribution in [3.8, 4) is 5.88 Å². The van der Waals surface area contributed by atoms with Crippen LogP contribution >= 0.6 is 0 Å². The Labute approximate surface area is 163 Å². The summed E-state index contributed by atoms with van der Waals surface area (Å²) in [5.41, 5.74) is -0.581. The Morgan fingerprint density at radius 1 is 1.29 bits per heavy atom. The molecule has 28 heavy (non-hydrogen) atoms. The third-order valence-electron chi connectivity index (χ3n) is 4.05. The Morgan fingerprint density at radius 3 is 2.61 bits per heavy atom. The van der Waals surface area contributed by atoms with Crippen molar-refractivity contribution in [3.05, 3.63) is 36.3 Å². The second kappa shape index (κ2) is 8.86. The van der Waals surface area contributed by atoms with E-state index in [4.69, 9.17) is 14.6 Å². The number of carboxylic acid groups (broad SMARTS) is 1. The monoisotopic (exact) mass is 392 g/mol. The zero-order chi connectivity index (χ0) is 20.9. The van der Waals surface area contributed by atoms with E-state index in [0.29, 0.717) is 24.2 Å². The van der Waals surface area contributed by atoms with Crippen LogP contribution in [-0.2, 0) is 9.53 Å². The first-order valence-corrected chi connectivity index (χ1v) is 8.93. The molecule has 0 bridgehead atoms. The van der Waals surface area contributed by atoms with Gasteiger partial charge in [0.15, 0.2) is 0 Å².